The van der Waals surface area contributed by atoms with Crippen LogP contribution in [0.1, 0.15) is 41.0 Å². The molecule has 4 rings (SSSR count). The van der Waals surface area contributed by atoms with Gasteiger partial charge in [-0.2, -0.15) is 9.29 Å². The predicted molar refractivity (Wildman–Crippen MR) is 116 cm³/mol. The minimum Gasteiger partial charge on any atom is -0.334 e. The summed E-state index contributed by atoms with van der Waals surface area (Å²) >= 11 is 0. The minimum absolute atomic E-state index is 0.231. The van der Waals surface area contributed by atoms with E-state index in [0.717, 1.165) is 19.3 Å². The van der Waals surface area contributed by atoms with Crippen LogP contribution in [0, 0.1) is 13.8 Å². The Morgan fingerprint density at radius 3 is 2.39 bits per heavy atom. The summed E-state index contributed by atoms with van der Waals surface area (Å²) in [6, 6.07) is 11.7. The highest BCUT2D eigenvalue weighted by molar-refractivity contribution is 7.89. The molecule has 1 fully saturated rings. The molecule has 0 aliphatic carbocycles. The van der Waals surface area contributed by atoms with Crippen molar-refractivity contribution < 1.29 is 17.7 Å². The summed E-state index contributed by atoms with van der Waals surface area (Å²) in [5.74, 6) is 0.584. The van der Waals surface area contributed by atoms with Gasteiger partial charge < -0.3 is 9.84 Å². The molecule has 1 aliphatic rings. The Morgan fingerprint density at radius 2 is 1.74 bits per heavy atom. The van der Waals surface area contributed by atoms with E-state index in [1.165, 1.54) is 10.4 Å². The lowest BCUT2D eigenvalue weighted by molar-refractivity contribution is 0.102. The number of carbonyl (C=O) groups is 1. The first-order valence-electron chi connectivity index (χ1n) is 10.2. The maximum atomic E-state index is 13.1. The Morgan fingerprint density at radius 1 is 1.03 bits per heavy atom. The van der Waals surface area contributed by atoms with E-state index in [2.05, 4.69) is 15.5 Å². The zero-order valence-electron chi connectivity index (χ0n) is 17.5. The zero-order chi connectivity index (χ0) is 22.0. The first kappa shape index (κ1) is 21.2. The number of hydrogen-bond acceptors (Lipinski definition) is 6. The third kappa shape index (κ3) is 4.52. The molecular formula is C22H24N4O4S. The van der Waals surface area contributed by atoms with Crippen molar-refractivity contribution in [3.05, 3.63) is 59.4 Å². The van der Waals surface area contributed by atoms with Crippen LogP contribution >= 0.6 is 0 Å². The van der Waals surface area contributed by atoms with E-state index in [0.29, 0.717) is 47.2 Å². The number of nitrogens with zero attached hydrogens (tertiary/aromatic N) is 3. The number of amides is 1. The molecule has 1 aliphatic heterocycles. The monoisotopic (exact) mass is 440 g/mol. The van der Waals surface area contributed by atoms with Crippen LogP contribution in [0.5, 0.6) is 0 Å². The summed E-state index contributed by atoms with van der Waals surface area (Å²) in [4.78, 5) is 17.1. The maximum absolute atomic E-state index is 13.1. The zero-order valence-corrected chi connectivity index (χ0v) is 18.3. The van der Waals surface area contributed by atoms with Gasteiger partial charge in [-0.15, -0.1) is 0 Å². The van der Waals surface area contributed by atoms with Gasteiger partial charge in [0.1, 0.15) is 0 Å². The number of aromatic nitrogens is 2. The summed E-state index contributed by atoms with van der Waals surface area (Å²) in [5, 5.41) is 6.55. The fourth-order valence-corrected chi connectivity index (χ4v) is 5.35. The van der Waals surface area contributed by atoms with Crippen LogP contribution < -0.4 is 5.32 Å². The molecule has 0 unspecified atom stereocenters. The largest absolute Gasteiger partial charge is 0.334 e. The Kier molecular flexibility index (Phi) is 5.88. The number of hydrogen-bond donors (Lipinski definition) is 1. The van der Waals surface area contributed by atoms with E-state index in [9.17, 15) is 13.2 Å². The Bertz CT molecular complexity index is 1200. The molecule has 1 amide bonds. The molecule has 1 aromatic heterocycles. The Labute approximate surface area is 181 Å². The van der Waals surface area contributed by atoms with Gasteiger partial charge in [-0.25, -0.2) is 8.42 Å². The van der Waals surface area contributed by atoms with Crippen molar-refractivity contribution in [1.29, 1.82) is 0 Å². The van der Waals surface area contributed by atoms with Gasteiger partial charge in [0, 0.05) is 29.9 Å². The molecule has 0 radical (unpaired) electrons. The molecule has 8 nitrogen and oxygen atoms in total. The molecule has 0 bridgehead atoms. The van der Waals surface area contributed by atoms with E-state index < -0.39 is 10.0 Å². The maximum Gasteiger partial charge on any atom is 0.257 e. The SMILES string of the molecule is Cc1noc(-c2ccc(C(=O)Nc3ccc(C)c(S(=O)(=O)N4CCCCC4)c3)cc2)n1. The first-order valence-corrected chi connectivity index (χ1v) is 11.6. The van der Waals surface area contributed by atoms with Crippen LogP contribution in [-0.2, 0) is 10.0 Å². The number of piperidine rings is 1. The molecule has 1 N–H and O–H groups in total. The third-order valence-corrected chi connectivity index (χ3v) is 7.34. The molecule has 0 saturated carbocycles. The van der Waals surface area contributed by atoms with E-state index in [1.54, 1.807) is 50.2 Å². The fourth-order valence-electron chi connectivity index (χ4n) is 3.58. The number of nitrogens with one attached hydrogen (secondary N) is 1. The number of benzene rings is 2. The van der Waals surface area contributed by atoms with E-state index in [-0.39, 0.29) is 10.8 Å². The lowest BCUT2D eigenvalue weighted by Gasteiger charge is -2.26. The molecule has 0 spiro atoms. The average molecular weight is 441 g/mol. The molecule has 2 aromatic carbocycles. The standard InChI is InChI=1S/C22H24N4O4S/c1-15-6-11-19(14-20(15)31(28,29)26-12-4-3-5-13-26)24-21(27)17-7-9-18(10-8-17)22-23-16(2)25-30-22/h6-11,14H,3-5,12-13H2,1-2H3,(H,24,27). The van der Waals surface area contributed by atoms with Crippen LogP contribution in [0.2, 0.25) is 0 Å². The van der Waals surface area contributed by atoms with Crippen LogP contribution in [0.25, 0.3) is 11.5 Å². The lowest BCUT2D eigenvalue weighted by Crippen LogP contribution is -2.36. The normalized spacial score (nSPS) is 15.0. The number of sulfonamides is 1. The molecular weight excluding hydrogens is 416 g/mol. The van der Waals surface area contributed by atoms with Gasteiger partial charge in [0.2, 0.25) is 10.0 Å². The molecule has 1 saturated heterocycles. The van der Waals surface area contributed by atoms with Crippen molar-refractivity contribution in [2.45, 2.75) is 38.0 Å². The van der Waals surface area contributed by atoms with Crippen LogP contribution in [-0.4, -0.2) is 41.9 Å². The molecule has 0 atom stereocenters. The van der Waals surface area contributed by atoms with Gasteiger partial charge in [0.25, 0.3) is 11.8 Å². The van der Waals surface area contributed by atoms with E-state index in [1.807, 2.05) is 0 Å². The topological polar surface area (TPSA) is 105 Å². The fraction of sp³-hybridized carbons (Fsp3) is 0.318. The summed E-state index contributed by atoms with van der Waals surface area (Å²) < 4.78 is 32.8. The Hall–Kier alpha value is -3.04. The number of rotatable bonds is 5. The van der Waals surface area contributed by atoms with Crippen molar-refractivity contribution in [2.75, 3.05) is 18.4 Å². The smallest absolute Gasteiger partial charge is 0.257 e. The van der Waals surface area contributed by atoms with Crippen molar-refractivity contribution in [3.8, 4) is 11.5 Å². The first-order chi connectivity index (χ1) is 14.8. The summed E-state index contributed by atoms with van der Waals surface area (Å²) in [7, 11) is -3.59. The molecule has 162 valence electrons. The van der Waals surface area contributed by atoms with Crippen molar-refractivity contribution in [2.24, 2.45) is 0 Å². The second-order valence-electron chi connectivity index (χ2n) is 7.62. The predicted octanol–water partition coefficient (Wildman–Crippen LogP) is 3.78. The van der Waals surface area contributed by atoms with Crippen molar-refractivity contribution in [3.63, 3.8) is 0 Å². The molecule has 3 aromatic rings. The minimum atomic E-state index is -3.59. The van der Waals surface area contributed by atoms with Gasteiger partial charge in [-0.3, -0.25) is 4.79 Å². The second kappa shape index (κ2) is 8.60. The van der Waals surface area contributed by atoms with Crippen LogP contribution in [0.15, 0.2) is 51.9 Å². The molecule has 2 heterocycles. The van der Waals surface area contributed by atoms with Gasteiger partial charge in [-0.1, -0.05) is 17.6 Å². The highest BCUT2D eigenvalue weighted by Gasteiger charge is 2.27. The summed E-state index contributed by atoms with van der Waals surface area (Å²) in [5.41, 5.74) is 2.23. The highest BCUT2D eigenvalue weighted by Crippen LogP contribution is 2.26. The summed E-state index contributed by atoms with van der Waals surface area (Å²) in [6.07, 6.45) is 2.79. The third-order valence-electron chi connectivity index (χ3n) is 5.30. The average Bonchev–Trinajstić information content (AvgIpc) is 3.22. The quantitative estimate of drug-likeness (QED) is 0.647. The number of anilines is 1. The van der Waals surface area contributed by atoms with Gasteiger partial charge in [0.15, 0.2) is 5.82 Å². The van der Waals surface area contributed by atoms with Gasteiger partial charge >= 0.3 is 0 Å². The lowest BCUT2D eigenvalue weighted by atomic mass is 10.1. The van der Waals surface area contributed by atoms with Crippen molar-refractivity contribution in [1.82, 2.24) is 14.4 Å². The van der Waals surface area contributed by atoms with Crippen molar-refractivity contribution >= 4 is 21.6 Å². The molecule has 9 heteroatoms. The number of carbonyl (C=O) groups excluding carboxylic acids is 1. The molecule has 31 heavy (non-hydrogen) atoms. The van der Waals surface area contributed by atoms with E-state index in [4.69, 9.17) is 4.52 Å². The second-order valence-corrected chi connectivity index (χ2v) is 9.53. The summed E-state index contributed by atoms with van der Waals surface area (Å²) in [6.45, 7) is 4.56. The Balaban J connectivity index is 1.53. The highest BCUT2D eigenvalue weighted by atomic mass is 32.2. The van der Waals surface area contributed by atoms with Gasteiger partial charge in [0.05, 0.1) is 4.90 Å². The van der Waals surface area contributed by atoms with Gasteiger partial charge in [-0.05, 0) is 68.7 Å². The van der Waals surface area contributed by atoms with Crippen LogP contribution in [0.3, 0.4) is 0 Å². The van der Waals surface area contributed by atoms with Crippen LogP contribution in [0.4, 0.5) is 5.69 Å². The number of aryl methyl sites for hydroxylation is 2. The van der Waals surface area contributed by atoms with E-state index >= 15 is 0 Å².